The fraction of sp³-hybridized carbons (Fsp3) is 0.273. The summed E-state index contributed by atoms with van der Waals surface area (Å²) in [6, 6.07) is 14.5. The van der Waals surface area contributed by atoms with Crippen molar-refractivity contribution in [2.75, 3.05) is 6.54 Å². The number of hydrogen-bond acceptors (Lipinski definition) is 5. The van der Waals surface area contributed by atoms with Gasteiger partial charge in [-0.15, -0.1) is 0 Å². The first-order valence-electron chi connectivity index (χ1n) is 10.0. The van der Waals surface area contributed by atoms with Crippen molar-refractivity contribution in [3.05, 3.63) is 72.8 Å². The quantitative estimate of drug-likeness (QED) is 0.528. The molecule has 1 aliphatic rings. The zero-order valence-electron chi connectivity index (χ0n) is 16.4. The Kier molecular flexibility index (Phi) is 4.75. The van der Waals surface area contributed by atoms with E-state index >= 15 is 0 Å². The van der Waals surface area contributed by atoms with E-state index in [4.69, 9.17) is 9.40 Å². The Morgan fingerprint density at radius 3 is 2.79 bits per heavy atom. The lowest BCUT2D eigenvalue weighted by Gasteiger charge is -2.10. The van der Waals surface area contributed by atoms with Crippen molar-refractivity contribution >= 4 is 0 Å². The van der Waals surface area contributed by atoms with E-state index in [9.17, 15) is 0 Å². The lowest BCUT2D eigenvalue weighted by atomic mass is 10.1. The van der Waals surface area contributed by atoms with Crippen LogP contribution in [0.5, 0.6) is 0 Å². The molecular weight excluding hydrogens is 364 g/mol. The lowest BCUT2D eigenvalue weighted by molar-refractivity contribution is 0.439. The zero-order chi connectivity index (χ0) is 19.6. The van der Waals surface area contributed by atoms with Crippen LogP contribution in [-0.4, -0.2) is 25.6 Å². The van der Waals surface area contributed by atoms with E-state index in [1.807, 2.05) is 43.0 Å². The van der Waals surface area contributed by atoms with Crippen LogP contribution in [0.2, 0.25) is 0 Å². The molecule has 29 heavy (non-hydrogen) atoms. The summed E-state index contributed by atoms with van der Waals surface area (Å²) in [7, 11) is 0. The minimum absolute atomic E-state index is 0.194. The molecule has 4 heterocycles. The predicted octanol–water partition coefficient (Wildman–Crippen LogP) is 3.61. The third-order valence-electron chi connectivity index (χ3n) is 5.38. The molecule has 1 atom stereocenters. The summed E-state index contributed by atoms with van der Waals surface area (Å²) >= 11 is 0. The molecule has 1 unspecified atom stereocenters. The highest BCUT2D eigenvalue weighted by Gasteiger charge is 2.23. The number of aryl methyl sites for hydroxylation is 1. The first-order valence-corrected chi connectivity index (χ1v) is 10.0. The van der Waals surface area contributed by atoms with E-state index in [0.717, 1.165) is 53.8 Å². The number of nitrogens with zero attached hydrogens (tertiary/aromatic N) is 4. The average Bonchev–Trinajstić information content (AvgIpc) is 3.54. The second-order valence-corrected chi connectivity index (χ2v) is 7.18. The number of aromatic nitrogens is 4. The second kappa shape index (κ2) is 7.69. The molecule has 148 valence electrons. The van der Waals surface area contributed by atoms with Crippen molar-refractivity contribution in [3.8, 4) is 22.7 Å². The minimum Gasteiger partial charge on any atom is -0.458 e. The van der Waals surface area contributed by atoms with Gasteiger partial charge in [0.1, 0.15) is 17.3 Å². The maximum absolute atomic E-state index is 6.30. The number of nitrogens with one attached hydrogen (secondary N) is 2. The summed E-state index contributed by atoms with van der Waals surface area (Å²) in [6.07, 6.45) is 6.74. The Hall–Kier alpha value is -3.16. The third kappa shape index (κ3) is 3.39. The Labute approximate surface area is 169 Å². The molecule has 0 amide bonds. The fourth-order valence-electron chi connectivity index (χ4n) is 3.86. The minimum atomic E-state index is 0.194. The van der Waals surface area contributed by atoms with Crippen LogP contribution < -0.4 is 10.9 Å². The Bertz CT molecular complexity index is 1090. The number of benzene rings is 1. The van der Waals surface area contributed by atoms with Crippen LogP contribution in [0.25, 0.3) is 22.7 Å². The van der Waals surface area contributed by atoms with Gasteiger partial charge in [-0.1, -0.05) is 30.3 Å². The first kappa shape index (κ1) is 17.9. The highest BCUT2D eigenvalue weighted by molar-refractivity contribution is 5.76. The zero-order valence-corrected chi connectivity index (χ0v) is 16.4. The van der Waals surface area contributed by atoms with Gasteiger partial charge in [0.25, 0.3) is 0 Å². The highest BCUT2D eigenvalue weighted by atomic mass is 16.3. The van der Waals surface area contributed by atoms with Crippen LogP contribution >= 0.6 is 0 Å². The molecule has 0 aliphatic carbocycles. The van der Waals surface area contributed by atoms with Gasteiger partial charge >= 0.3 is 0 Å². The molecule has 1 saturated heterocycles. The average molecular weight is 388 g/mol. The van der Waals surface area contributed by atoms with Gasteiger partial charge in [-0.05, 0) is 25.5 Å². The van der Waals surface area contributed by atoms with Crippen LogP contribution in [-0.2, 0) is 13.1 Å². The van der Waals surface area contributed by atoms with Crippen molar-refractivity contribution in [1.29, 1.82) is 0 Å². The van der Waals surface area contributed by atoms with Crippen LogP contribution in [0, 0.1) is 0 Å². The molecular formula is C22H24N6O. The summed E-state index contributed by atoms with van der Waals surface area (Å²) in [5, 5.41) is 0. The van der Waals surface area contributed by atoms with Crippen LogP contribution in [0.1, 0.15) is 31.0 Å². The van der Waals surface area contributed by atoms with Crippen LogP contribution in [0.3, 0.4) is 0 Å². The van der Waals surface area contributed by atoms with Crippen molar-refractivity contribution in [2.45, 2.75) is 32.5 Å². The van der Waals surface area contributed by atoms with Gasteiger partial charge in [0.05, 0.1) is 24.6 Å². The van der Waals surface area contributed by atoms with Gasteiger partial charge < -0.3 is 13.6 Å². The molecule has 1 aliphatic heterocycles. The lowest BCUT2D eigenvalue weighted by Crippen LogP contribution is -2.24. The van der Waals surface area contributed by atoms with Gasteiger partial charge in [0.15, 0.2) is 5.76 Å². The Balaban J connectivity index is 1.58. The maximum atomic E-state index is 6.30. The molecule has 2 N–H and O–H groups in total. The molecule has 0 bridgehead atoms. The van der Waals surface area contributed by atoms with E-state index in [2.05, 4.69) is 50.1 Å². The van der Waals surface area contributed by atoms with E-state index in [0.29, 0.717) is 6.54 Å². The first-order chi connectivity index (χ1) is 14.3. The normalized spacial score (nSPS) is 16.5. The standard InChI is InChI=1S/C22H24N6O/c1-2-27-13-12-23-20(27)14-28-15-24-21(16-6-4-3-5-7-16)22(28)19-9-8-18(29-19)17-10-11-25-26-17/h3-9,12-13,15,17,25-26H,2,10-11,14H2,1H3. The van der Waals surface area contributed by atoms with E-state index in [1.54, 1.807) is 0 Å². The number of hydrazine groups is 1. The third-order valence-corrected chi connectivity index (χ3v) is 5.38. The van der Waals surface area contributed by atoms with Crippen molar-refractivity contribution in [3.63, 3.8) is 0 Å². The summed E-state index contributed by atoms with van der Waals surface area (Å²) < 4.78 is 10.6. The summed E-state index contributed by atoms with van der Waals surface area (Å²) in [5.74, 6) is 2.76. The largest absolute Gasteiger partial charge is 0.458 e. The van der Waals surface area contributed by atoms with Crippen molar-refractivity contribution in [2.24, 2.45) is 0 Å². The number of hydrogen-bond donors (Lipinski definition) is 2. The summed E-state index contributed by atoms with van der Waals surface area (Å²) in [6.45, 7) is 4.58. The van der Waals surface area contributed by atoms with Crippen LogP contribution in [0.4, 0.5) is 0 Å². The molecule has 3 aromatic heterocycles. The smallest absolute Gasteiger partial charge is 0.153 e. The maximum Gasteiger partial charge on any atom is 0.153 e. The van der Waals surface area contributed by atoms with Gasteiger partial charge in [-0.25, -0.2) is 15.4 Å². The van der Waals surface area contributed by atoms with Crippen molar-refractivity contribution in [1.82, 2.24) is 30.0 Å². The fourth-order valence-corrected chi connectivity index (χ4v) is 3.86. The molecule has 4 aromatic rings. The molecule has 5 rings (SSSR count). The molecule has 7 heteroatoms. The van der Waals surface area contributed by atoms with Crippen molar-refractivity contribution < 1.29 is 4.42 Å². The summed E-state index contributed by atoms with van der Waals surface area (Å²) in [5.41, 5.74) is 9.39. The molecule has 1 fully saturated rings. The van der Waals surface area contributed by atoms with Gasteiger partial charge in [-0.3, -0.25) is 5.43 Å². The highest BCUT2D eigenvalue weighted by Crippen LogP contribution is 2.34. The topological polar surface area (TPSA) is 72.8 Å². The molecule has 7 nitrogen and oxygen atoms in total. The van der Waals surface area contributed by atoms with Gasteiger partial charge in [-0.2, -0.15) is 0 Å². The van der Waals surface area contributed by atoms with Crippen LogP contribution in [0.15, 0.2) is 65.6 Å². The summed E-state index contributed by atoms with van der Waals surface area (Å²) in [4.78, 5) is 9.28. The van der Waals surface area contributed by atoms with E-state index < -0.39 is 0 Å². The Morgan fingerprint density at radius 1 is 1.10 bits per heavy atom. The predicted molar refractivity (Wildman–Crippen MR) is 111 cm³/mol. The second-order valence-electron chi connectivity index (χ2n) is 7.18. The monoisotopic (exact) mass is 388 g/mol. The molecule has 0 radical (unpaired) electrons. The number of rotatable bonds is 6. The molecule has 0 spiro atoms. The number of furan rings is 1. The Morgan fingerprint density at radius 2 is 2.00 bits per heavy atom. The SMILES string of the molecule is CCn1ccnc1Cn1cnc(-c2ccccc2)c1-c1ccc(C2CCNN2)o1. The number of imidazole rings is 2. The molecule has 1 aromatic carbocycles. The van der Waals surface area contributed by atoms with Gasteiger partial charge in [0, 0.05) is 31.0 Å². The van der Waals surface area contributed by atoms with Gasteiger partial charge in [0.2, 0.25) is 0 Å². The van der Waals surface area contributed by atoms with E-state index in [-0.39, 0.29) is 6.04 Å². The van der Waals surface area contributed by atoms with E-state index in [1.165, 1.54) is 0 Å². The molecule has 0 saturated carbocycles.